The zero-order valence-corrected chi connectivity index (χ0v) is 10.7. The summed E-state index contributed by atoms with van der Waals surface area (Å²) in [6, 6.07) is 2.16. The highest BCUT2D eigenvalue weighted by Crippen LogP contribution is 2.35. The number of carbonyl (C=O) groups is 2. The van der Waals surface area contributed by atoms with Gasteiger partial charge in [-0.25, -0.2) is 0 Å². The first-order chi connectivity index (χ1) is 8.47. The molecule has 1 heterocycles. The van der Waals surface area contributed by atoms with E-state index >= 15 is 0 Å². The summed E-state index contributed by atoms with van der Waals surface area (Å²) in [5.41, 5.74) is 0.124. The molecule has 1 saturated heterocycles. The Hall–Kier alpha value is -1.46. The first-order valence-electron chi connectivity index (χ1n) is 5.25. The lowest BCUT2D eigenvalue weighted by atomic mass is 10.2. The molecule has 0 aliphatic carbocycles. The fourth-order valence-electron chi connectivity index (χ4n) is 1.69. The standard InChI is InChI=1S/C11H10Cl2N2O3/c12-5-3-6(13)10(17)8(4-5)15-11(18)7-1-2-9(16)14-7/h3-4,7,17H,1-2H2,(H,14,16)(H,15,18). The highest BCUT2D eigenvalue weighted by Gasteiger charge is 2.27. The molecule has 2 amide bonds. The van der Waals surface area contributed by atoms with Gasteiger partial charge in [0.15, 0.2) is 5.75 Å². The smallest absolute Gasteiger partial charge is 0.247 e. The van der Waals surface area contributed by atoms with Crippen LogP contribution < -0.4 is 10.6 Å². The van der Waals surface area contributed by atoms with Gasteiger partial charge in [-0.05, 0) is 18.6 Å². The van der Waals surface area contributed by atoms with Gasteiger partial charge in [0.25, 0.3) is 0 Å². The summed E-state index contributed by atoms with van der Waals surface area (Å²) >= 11 is 11.5. The lowest BCUT2D eigenvalue weighted by molar-refractivity contribution is -0.122. The molecule has 1 aliphatic rings. The number of anilines is 1. The van der Waals surface area contributed by atoms with Crippen LogP contribution in [0.15, 0.2) is 12.1 Å². The van der Waals surface area contributed by atoms with Crippen molar-refractivity contribution in [3.05, 3.63) is 22.2 Å². The van der Waals surface area contributed by atoms with Crippen molar-refractivity contribution in [2.24, 2.45) is 0 Å². The molecule has 2 rings (SSSR count). The number of aromatic hydroxyl groups is 1. The third kappa shape index (κ3) is 2.68. The number of phenolic OH excluding ortho intramolecular Hbond substituents is 1. The van der Waals surface area contributed by atoms with E-state index in [-0.39, 0.29) is 22.4 Å². The second-order valence-electron chi connectivity index (χ2n) is 3.93. The van der Waals surface area contributed by atoms with Crippen molar-refractivity contribution >= 4 is 40.7 Å². The molecular formula is C11H10Cl2N2O3. The normalized spacial score (nSPS) is 18.6. The molecule has 1 unspecified atom stereocenters. The fraction of sp³-hybridized carbons (Fsp3) is 0.273. The molecule has 5 nitrogen and oxygen atoms in total. The van der Waals surface area contributed by atoms with Gasteiger partial charge in [0.2, 0.25) is 11.8 Å². The zero-order valence-electron chi connectivity index (χ0n) is 9.17. The minimum Gasteiger partial charge on any atom is -0.504 e. The Morgan fingerprint density at radius 2 is 2.17 bits per heavy atom. The van der Waals surface area contributed by atoms with Gasteiger partial charge in [-0.1, -0.05) is 23.2 Å². The van der Waals surface area contributed by atoms with Crippen molar-refractivity contribution in [2.75, 3.05) is 5.32 Å². The maximum absolute atomic E-state index is 11.8. The van der Waals surface area contributed by atoms with Crippen molar-refractivity contribution in [2.45, 2.75) is 18.9 Å². The van der Waals surface area contributed by atoms with Gasteiger partial charge >= 0.3 is 0 Å². The molecule has 0 radical (unpaired) electrons. The van der Waals surface area contributed by atoms with E-state index in [1.807, 2.05) is 0 Å². The predicted molar refractivity (Wildman–Crippen MR) is 67.9 cm³/mol. The minimum absolute atomic E-state index is 0.0493. The Kier molecular flexibility index (Phi) is 3.63. The number of phenols is 1. The Morgan fingerprint density at radius 3 is 2.78 bits per heavy atom. The molecule has 0 saturated carbocycles. The van der Waals surface area contributed by atoms with E-state index in [1.165, 1.54) is 12.1 Å². The van der Waals surface area contributed by atoms with Gasteiger partial charge in [-0.3, -0.25) is 9.59 Å². The van der Waals surface area contributed by atoms with Gasteiger partial charge in [0.05, 0.1) is 10.7 Å². The summed E-state index contributed by atoms with van der Waals surface area (Å²) in [5.74, 6) is -0.822. The van der Waals surface area contributed by atoms with Crippen molar-refractivity contribution in [1.29, 1.82) is 0 Å². The van der Waals surface area contributed by atoms with Gasteiger partial charge in [-0.2, -0.15) is 0 Å². The second kappa shape index (κ2) is 5.04. The van der Waals surface area contributed by atoms with Gasteiger partial charge in [0.1, 0.15) is 6.04 Å². The summed E-state index contributed by atoms with van der Waals surface area (Å²) < 4.78 is 0. The first kappa shape index (κ1) is 13.0. The summed E-state index contributed by atoms with van der Waals surface area (Å²) in [6.45, 7) is 0. The van der Waals surface area contributed by atoms with Crippen LogP contribution in [0.4, 0.5) is 5.69 Å². The predicted octanol–water partition coefficient (Wildman–Crippen LogP) is 1.92. The molecule has 1 atom stereocenters. The molecule has 1 aliphatic heterocycles. The van der Waals surface area contributed by atoms with Crippen LogP contribution >= 0.6 is 23.2 Å². The molecule has 1 aromatic rings. The minimum atomic E-state index is -0.588. The lowest BCUT2D eigenvalue weighted by Gasteiger charge is -2.13. The topological polar surface area (TPSA) is 78.4 Å². The van der Waals surface area contributed by atoms with Crippen LogP contribution in [-0.4, -0.2) is 23.0 Å². The Labute approximate surface area is 113 Å². The van der Waals surface area contributed by atoms with Crippen LogP contribution in [0.1, 0.15) is 12.8 Å². The van der Waals surface area contributed by atoms with E-state index in [4.69, 9.17) is 23.2 Å². The molecule has 1 aromatic carbocycles. The summed E-state index contributed by atoms with van der Waals surface area (Å²) in [7, 11) is 0. The molecule has 0 spiro atoms. The summed E-state index contributed by atoms with van der Waals surface area (Å²) in [6.07, 6.45) is 0.750. The summed E-state index contributed by atoms with van der Waals surface area (Å²) in [5, 5.41) is 15.0. The number of rotatable bonds is 2. The average molecular weight is 289 g/mol. The highest BCUT2D eigenvalue weighted by atomic mass is 35.5. The second-order valence-corrected chi connectivity index (χ2v) is 4.78. The van der Waals surface area contributed by atoms with Crippen LogP contribution in [0.25, 0.3) is 0 Å². The van der Waals surface area contributed by atoms with Gasteiger partial charge in [-0.15, -0.1) is 0 Å². The van der Waals surface area contributed by atoms with Crippen molar-refractivity contribution < 1.29 is 14.7 Å². The highest BCUT2D eigenvalue weighted by molar-refractivity contribution is 6.36. The maximum Gasteiger partial charge on any atom is 0.247 e. The Bertz CT molecular complexity index is 519. The first-order valence-corrected chi connectivity index (χ1v) is 6.01. The largest absolute Gasteiger partial charge is 0.504 e. The molecule has 0 bridgehead atoms. The third-order valence-corrected chi connectivity index (χ3v) is 3.10. The molecule has 96 valence electrons. The van der Waals surface area contributed by atoms with Crippen LogP contribution in [0.5, 0.6) is 5.75 Å². The van der Waals surface area contributed by atoms with Gasteiger partial charge in [0, 0.05) is 11.4 Å². The lowest BCUT2D eigenvalue weighted by Crippen LogP contribution is -2.37. The number of carbonyl (C=O) groups excluding carboxylic acids is 2. The number of halogens is 2. The Morgan fingerprint density at radius 1 is 1.44 bits per heavy atom. The SMILES string of the molecule is O=C1CCC(C(=O)Nc2cc(Cl)cc(Cl)c2O)N1. The molecular weight excluding hydrogens is 279 g/mol. The van der Waals surface area contributed by atoms with E-state index in [2.05, 4.69) is 10.6 Å². The van der Waals surface area contributed by atoms with Crippen molar-refractivity contribution in [3.8, 4) is 5.75 Å². The molecule has 0 aromatic heterocycles. The number of benzene rings is 1. The number of hydrogen-bond donors (Lipinski definition) is 3. The zero-order chi connectivity index (χ0) is 13.3. The van der Waals surface area contributed by atoms with Crippen molar-refractivity contribution in [3.63, 3.8) is 0 Å². The van der Waals surface area contributed by atoms with E-state index < -0.39 is 11.9 Å². The van der Waals surface area contributed by atoms with Crippen LogP contribution in [0, 0.1) is 0 Å². The van der Waals surface area contributed by atoms with E-state index in [9.17, 15) is 14.7 Å². The van der Waals surface area contributed by atoms with E-state index in [1.54, 1.807) is 0 Å². The average Bonchev–Trinajstić information content (AvgIpc) is 2.72. The van der Waals surface area contributed by atoms with Crippen LogP contribution in [0.3, 0.4) is 0 Å². The number of nitrogens with one attached hydrogen (secondary N) is 2. The fourth-order valence-corrected chi connectivity index (χ4v) is 2.19. The van der Waals surface area contributed by atoms with E-state index in [0.717, 1.165) is 0 Å². The maximum atomic E-state index is 11.8. The van der Waals surface area contributed by atoms with Gasteiger partial charge < -0.3 is 15.7 Å². The quantitative estimate of drug-likeness (QED) is 0.728. The molecule has 7 heteroatoms. The van der Waals surface area contributed by atoms with Crippen LogP contribution in [-0.2, 0) is 9.59 Å². The summed E-state index contributed by atoms with van der Waals surface area (Å²) in [4.78, 5) is 22.8. The number of hydrogen-bond acceptors (Lipinski definition) is 3. The molecule has 3 N–H and O–H groups in total. The van der Waals surface area contributed by atoms with Crippen LogP contribution in [0.2, 0.25) is 10.0 Å². The number of amides is 2. The van der Waals surface area contributed by atoms with Crippen molar-refractivity contribution in [1.82, 2.24) is 5.32 Å². The van der Waals surface area contributed by atoms with E-state index in [0.29, 0.717) is 17.9 Å². The third-order valence-electron chi connectivity index (χ3n) is 2.60. The molecule has 1 fully saturated rings. The monoisotopic (exact) mass is 288 g/mol. The molecule has 18 heavy (non-hydrogen) atoms. The Balaban J connectivity index is 2.14.